The Morgan fingerprint density at radius 2 is 2.04 bits per heavy atom. The quantitative estimate of drug-likeness (QED) is 0.670. The Labute approximate surface area is 145 Å². The van der Waals surface area contributed by atoms with Crippen molar-refractivity contribution >= 4 is 5.95 Å². The van der Waals surface area contributed by atoms with Crippen molar-refractivity contribution in [1.29, 1.82) is 0 Å². The van der Waals surface area contributed by atoms with E-state index in [1.165, 1.54) is 6.07 Å². The van der Waals surface area contributed by atoms with Crippen molar-refractivity contribution < 1.29 is 0 Å². The first-order valence-electron chi connectivity index (χ1n) is 8.17. The van der Waals surface area contributed by atoms with Crippen LogP contribution in [-0.4, -0.2) is 31.5 Å². The molecule has 0 aromatic carbocycles. The average molecular weight is 336 g/mol. The molecular weight excluding hydrogens is 316 g/mol. The number of hydrogen-bond acceptors (Lipinski definition) is 6. The van der Waals surface area contributed by atoms with Gasteiger partial charge in [0.05, 0.1) is 11.4 Å². The Morgan fingerprint density at radius 1 is 1.16 bits per heavy atom. The number of aryl methyl sites for hydroxylation is 3. The van der Waals surface area contributed by atoms with Crippen LogP contribution in [0, 0.1) is 13.8 Å². The molecule has 7 heteroatoms. The van der Waals surface area contributed by atoms with Gasteiger partial charge in [0.1, 0.15) is 5.82 Å². The number of hydrogen-bond donors (Lipinski definition) is 2. The summed E-state index contributed by atoms with van der Waals surface area (Å²) in [7, 11) is 0. The van der Waals surface area contributed by atoms with Gasteiger partial charge in [0.2, 0.25) is 5.95 Å². The van der Waals surface area contributed by atoms with Crippen LogP contribution in [0.3, 0.4) is 0 Å². The van der Waals surface area contributed by atoms with Crippen LogP contribution in [0.5, 0.6) is 0 Å². The highest BCUT2D eigenvalue weighted by molar-refractivity contribution is 5.61. The molecule has 0 amide bonds. The number of aromatic amines is 1. The second-order valence-corrected chi connectivity index (χ2v) is 5.75. The van der Waals surface area contributed by atoms with Gasteiger partial charge in [0, 0.05) is 36.3 Å². The number of rotatable bonds is 6. The average Bonchev–Trinajstić information content (AvgIpc) is 2.59. The van der Waals surface area contributed by atoms with Crippen LogP contribution in [0.1, 0.15) is 23.6 Å². The molecule has 3 rings (SSSR count). The van der Waals surface area contributed by atoms with E-state index in [-0.39, 0.29) is 5.56 Å². The van der Waals surface area contributed by atoms with Crippen LogP contribution in [-0.2, 0) is 6.42 Å². The summed E-state index contributed by atoms with van der Waals surface area (Å²) in [5.41, 5.74) is 2.96. The Hall–Kier alpha value is -3.09. The van der Waals surface area contributed by atoms with Gasteiger partial charge in [-0.2, -0.15) is 0 Å². The van der Waals surface area contributed by atoms with Crippen LogP contribution < -0.4 is 10.9 Å². The van der Waals surface area contributed by atoms with Crippen molar-refractivity contribution in [3.63, 3.8) is 0 Å². The summed E-state index contributed by atoms with van der Waals surface area (Å²) >= 11 is 0. The van der Waals surface area contributed by atoms with Crippen molar-refractivity contribution in [3.05, 3.63) is 64.2 Å². The standard InChI is InChI=1S/C18H20N6O/c1-12-15(11-21-13(2)22-12)16-10-17(25)24-18(23-16)20-9-5-7-14-6-3-4-8-19-14/h3-4,6,8,10-11H,5,7,9H2,1-2H3,(H2,20,23,24,25). The molecule has 2 N–H and O–H groups in total. The Morgan fingerprint density at radius 3 is 2.80 bits per heavy atom. The van der Waals surface area contributed by atoms with Crippen LogP contribution in [0.4, 0.5) is 5.95 Å². The minimum Gasteiger partial charge on any atom is -0.356 e. The first kappa shape index (κ1) is 16.8. The van der Waals surface area contributed by atoms with Crippen molar-refractivity contribution in [3.8, 4) is 11.3 Å². The summed E-state index contributed by atoms with van der Waals surface area (Å²) in [6, 6.07) is 7.34. The first-order chi connectivity index (χ1) is 12.1. The molecule has 0 atom stereocenters. The lowest BCUT2D eigenvalue weighted by molar-refractivity contribution is 0.827. The van der Waals surface area contributed by atoms with E-state index in [0.717, 1.165) is 29.8 Å². The fraction of sp³-hybridized carbons (Fsp3) is 0.278. The van der Waals surface area contributed by atoms with E-state index in [0.29, 0.717) is 24.0 Å². The van der Waals surface area contributed by atoms with Gasteiger partial charge in [0.15, 0.2) is 0 Å². The highest BCUT2D eigenvalue weighted by atomic mass is 16.1. The largest absolute Gasteiger partial charge is 0.356 e. The van der Waals surface area contributed by atoms with Gasteiger partial charge in [-0.25, -0.2) is 15.0 Å². The van der Waals surface area contributed by atoms with Crippen molar-refractivity contribution in [2.75, 3.05) is 11.9 Å². The number of H-pyrrole nitrogens is 1. The summed E-state index contributed by atoms with van der Waals surface area (Å²) in [5.74, 6) is 1.14. The summed E-state index contributed by atoms with van der Waals surface area (Å²) in [4.78, 5) is 31.9. The molecule has 0 unspecified atom stereocenters. The summed E-state index contributed by atoms with van der Waals surface area (Å²) in [5, 5.41) is 3.16. The minimum atomic E-state index is -0.211. The SMILES string of the molecule is Cc1ncc(-c2cc(=O)[nH]c(NCCCc3ccccn3)n2)c(C)n1. The lowest BCUT2D eigenvalue weighted by Gasteiger charge is -2.08. The van der Waals surface area contributed by atoms with Crippen LogP contribution in [0.15, 0.2) is 41.5 Å². The van der Waals surface area contributed by atoms with Gasteiger partial charge < -0.3 is 5.32 Å². The molecule has 0 saturated heterocycles. The second-order valence-electron chi connectivity index (χ2n) is 5.75. The van der Waals surface area contributed by atoms with Gasteiger partial charge in [-0.15, -0.1) is 0 Å². The zero-order valence-electron chi connectivity index (χ0n) is 14.3. The normalized spacial score (nSPS) is 10.6. The fourth-order valence-electron chi connectivity index (χ4n) is 2.54. The van der Waals surface area contributed by atoms with Crippen molar-refractivity contribution in [2.24, 2.45) is 0 Å². The number of aromatic nitrogens is 5. The third-order valence-electron chi connectivity index (χ3n) is 3.75. The lowest BCUT2D eigenvalue weighted by Crippen LogP contribution is -2.14. The molecule has 0 radical (unpaired) electrons. The molecule has 0 aliphatic carbocycles. The van der Waals surface area contributed by atoms with E-state index in [2.05, 4.69) is 30.2 Å². The Kier molecular flexibility index (Phi) is 5.13. The van der Waals surface area contributed by atoms with Gasteiger partial charge in [-0.05, 0) is 38.8 Å². The van der Waals surface area contributed by atoms with E-state index in [9.17, 15) is 4.79 Å². The van der Waals surface area contributed by atoms with E-state index in [1.54, 1.807) is 12.4 Å². The predicted octanol–water partition coefficient (Wildman–Crippen LogP) is 2.28. The molecule has 0 spiro atoms. The third-order valence-corrected chi connectivity index (χ3v) is 3.75. The molecule has 0 bridgehead atoms. The molecule has 0 aliphatic rings. The number of pyridine rings is 1. The second kappa shape index (κ2) is 7.65. The van der Waals surface area contributed by atoms with Gasteiger partial charge in [-0.1, -0.05) is 6.07 Å². The topological polar surface area (TPSA) is 96.5 Å². The smallest absolute Gasteiger partial charge is 0.252 e. The van der Waals surface area contributed by atoms with E-state index in [4.69, 9.17) is 0 Å². The Bertz CT molecular complexity index is 907. The molecule has 0 aliphatic heterocycles. The zero-order valence-corrected chi connectivity index (χ0v) is 14.3. The zero-order chi connectivity index (χ0) is 17.6. The molecule has 0 saturated carbocycles. The summed E-state index contributed by atoms with van der Waals surface area (Å²) in [6.07, 6.45) is 5.24. The van der Waals surface area contributed by atoms with Gasteiger partial charge in [0.25, 0.3) is 5.56 Å². The number of nitrogens with one attached hydrogen (secondary N) is 2. The van der Waals surface area contributed by atoms with E-state index < -0.39 is 0 Å². The van der Waals surface area contributed by atoms with Crippen molar-refractivity contribution in [1.82, 2.24) is 24.9 Å². The highest BCUT2D eigenvalue weighted by Gasteiger charge is 2.08. The molecule has 7 nitrogen and oxygen atoms in total. The summed E-state index contributed by atoms with van der Waals surface area (Å²) in [6.45, 7) is 4.40. The fourth-order valence-corrected chi connectivity index (χ4v) is 2.54. The van der Waals surface area contributed by atoms with Gasteiger partial charge >= 0.3 is 0 Å². The monoisotopic (exact) mass is 336 g/mol. The first-order valence-corrected chi connectivity index (χ1v) is 8.17. The maximum atomic E-state index is 11.9. The highest BCUT2D eigenvalue weighted by Crippen LogP contribution is 2.18. The van der Waals surface area contributed by atoms with Crippen LogP contribution in [0.25, 0.3) is 11.3 Å². The van der Waals surface area contributed by atoms with Crippen molar-refractivity contribution in [2.45, 2.75) is 26.7 Å². The molecule has 3 aromatic heterocycles. The predicted molar refractivity (Wildman–Crippen MR) is 96.4 cm³/mol. The maximum absolute atomic E-state index is 11.9. The van der Waals surface area contributed by atoms with Gasteiger partial charge in [-0.3, -0.25) is 14.8 Å². The van der Waals surface area contributed by atoms with E-state index in [1.807, 2.05) is 32.0 Å². The molecule has 128 valence electrons. The molecule has 3 aromatic rings. The molecule has 3 heterocycles. The van der Waals surface area contributed by atoms with Crippen LogP contribution >= 0.6 is 0 Å². The number of nitrogens with zero attached hydrogens (tertiary/aromatic N) is 4. The minimum absolute atomic E-state index is 0.211. The maximum Gasteiger partial charge on any atom is 0.252 e. The molecule has 0 fully saturated rings. The summed E-state index contributed by atoms with van der Waals surface area (Å²) < 4.78 is 0. The van der Waals surface area contributed by atoms with E-state index >= 15 is 0 Å². The number of anilines is 1. The Balaban J connectivity index is 1.68. The molecule has 25 heavy (non-hydrogen) atoms. The lowest BCUT2D eigenvalue weighted by atomic mass is 10.1. The third kappa shape index (κ3) is 4.47. The van der Waals surface area contributed by atoms with Crippen LogP contribution in [0.2, 0.25) is 0 Å². The molecular formula is C18H20N6O.